The third kappa shape index (κ3) is 4.07. The molecule has 2 saturated carbocycles. The smallest absolute Gasteiger partial charge is 0.403 e. The zero-order valence-electron chi connectivity index (χ0n) is 15.4. The highest BCUT2D eigenvalue weighted by molar-refractivity contribution is 5.85. The first-order valence-electron chi connectivity index (χ1n) is 9.77. The Bertz CT molecular complexity index is 829. The molecule has 0 aliphatic heterocycles. The number of ether oxygens (including phenoxy) is 1. The van der Waals surface area contributed by atoms with Crippen molar-refractivity contribution in [1.29, 1.82) is 0 Å². The van der Waals surface area contributed by atoms with Crippen LogP contribution in [0.25, 0.3) is 10.8 Å². The quantitative estimate of drug-likeness (QED) is 0.501. The largest absolute Gasteiger partial charge is 0.573 e. The molecule has 2 aliphatic carbocycles. The van der Waals surface area contributed by atoms with Crippen molar-refractivity contribution in [2.75, 3.05) is 0 Å². The number of benzene rings is 2. The van der Waals surface area contributed by atoms with E-state index in [1.165, 1.54) is 37.7 Å². The Labute approximate surface area is 156 Å². The normalized spacial score (nSPS) is 28.8. The van der Waals surface area contributed by atoms with E-state index in [4.69, 9.17) is 0 Å². The summed E-state index contributed by atoms with van der Waals surface area (Å²) in [5.41, 5.74) is 1.17. The van der Waals surface area contributed by atoms with Crippen molar-refractivity contribution in [2.24, 2.45) is 17.8 Å². The van der Waals surface area contributed by atoms with Crippen molar-refractivity contribution >= 4 is 10.8 Å². The molecule has 0 bridgehead atoms. The zero-order valence-corrected chi connectivity index (χ0v) is 15.4. The Balaban J connectivity index is 1.56. The molecule has 0 radical (unpaired) electrons. The van der Waals surface area contributed by atoms with E-state index in [0.717, 1.165) is 36.3 Å². The van der Waals surface area contributed by atoms with Crippen LogP contribution in [0.15, 0.2) is 30.3 Å². The first-order valence-corrected chi connectivity index (χ1v) is 9.77. The summed E-state index contributed by atoms with van der Waals surface area (Å²) in [6, 6.07) is 7.97. The first kappa shape index (κ1) is 18.6. The summed E-state index contributed by atoms with van der Waals surface area (Å²) >= 11 is 0. The molecule has 146 valence electrons. The molecule has 4 rings (SSSR count). The topological polar surface area (TPSA) is 9.23 Å². The Hall–Kier alpha value is -1.78. The predicted molar refractivity (Wildman–Crippen MR) is 97.2 cm³/mol. The lowest BCUT2D eigenvalue weighted by Gasteiger charge is -2.41. The van der Waals surface area contributed by atoms with E-state index in [0.29, 0.717) is 16.7 Å². The fourth-order valence-corrected chi connectivity index (χ4v) is 5.15. The monoisotopic (exact) mass is 380 g/mol. The van der Waals surface area contributed by atoms with E-state index in [-0.39, 0.29) is 0 Å². The summed E-state index contributed by atoms with van der Waals surface area (Å²) in [5, 5.41) is 1.18. The van der Waals surface area contributed by atoms with Gasteiger partial charge in [-0.25, -0.2) is 4.39 Å². The molecule has 5 heteroatoms. The average molecular weight is 380 g/mol. The number of halogens is 4. The predicted octanol–water partition coefficient (Wildman–Crippen LogP) is 7.20. The van der Waals surface area contributed by atoms with E-state index in [1.807, 2.05) is 12.1 Å². The SMILES string of the molecule is C[C@@H]1CC[C@@H]2CC(c3ccc4cc(OC(F)(F)F)c(F)cc4c3)CCC2C1. The second-order valence-electron chi connectivity index (χ2n) is 8.39. The van der Waals surface area contributed by atoms with E-state index < -0.39 is 17.9 Å². The molecule has 0 N–H and O–H groups in total. The van der Waals surface area contributed by atoms with Gasteiger partial charge in [0.15, 0.2) is 11.6 Å². The standard InChI is InChI=1S/C22H24F4O/c1-13-2-3-15-9-16(5-4-14(15)8-13)17-6-7-18-12-21(27-22(24,25)26)20(23)11-19(18)10-17/h6-7,10-16H,2-5,8-9H2,1H3/t13-,14?,15-,16?/m1/s1. The second-order valence-corrected chi connectivity index (χ2v) is 8.39. The minimum atomic E-state index is -4.90. The lowest BCUT2D eigenvalue weighted by Crippen LogP contribution is -2.29. The Morgan fingerprint density at radius 1 is 0.889 bits per heavy atom. The number of fused-ring (bicyclic) bond motifs is 2. The van der Waals surface area contributed by atoms with Gasteiger partial charge in [-0.05, 0) is 84.2 Å². The third-order valence-corrected chi connectivity index (χ3v) is 6.49. The van der Waals surface area contributed by atoms with Crippen LogP contribution in [0.2, 0.25) is 0 Å². The lowest BCUT2D eigenvalue weighted by atomic mass is 9.64. The molecular formula is C22H24F4O. The van der Waals surface area contributed by atoms with E-state index in [9.17, 15) is 17.6 Å². The molecule has 0 aromatic heterocycles. The third-order valence-electron chi connectivity index (χ3n) is 6.49. The highest BCUT2D eigenvalue weighted by Crippen LogP contribution is 2.47. The van der Waals surface area contributed by atoms with E-state index in [1.54, 1.807) is 6.07 Å². The molecule has 0 spiro atoms. The van der Waals surface area contributed by atoms with Crippen LogP contribution >= 0.6 is 0 Å². The summed E-state index contributed by atoms with van der Waals surface area (Å²) in [7, 11) is 0. The van der Waals surface area contributed by atoms with Gasteiger partial charge in [-0.2, -0.15) is 0 Å². The van der Waals surface area contributed by atoms with Gasteiger partial charge in [-0.15, -0.1) is 13.2 Å². The molecule has 27 heavy (non-hydrogen) atoms. The van der Waals surface area contributed by atoms with Gasteiger partial charge in [-0.1, -0.05) is 31.5 Å². The fraction of sp³-hybridized carbons (Fsp3) is 0.545. The lowest BCUT2D eigenvalue weighted by molar-refractivity contribution is -0.275. The first-order chi connectivity index (χ1) is 12.8. The number of rotatable bonds is 2. The molecule has 2 aromatic rings. The summed E-state index contributed by atoms with van der Waals surface area (Å²) in [5.74, 6) is 1.14. The van der Waals surface area contributed by atoms with Crippen molar-refractivity contribution < 1.29 is 22.3 Å². The zero-order chi connectivity index (χ0) is 19.2. The van der Waals surface area contributed by atoms with Crippen LogP contribution in [0.5, 0.6) is 5.75 Å². The summed E-state index contributed by atoms with van der Waals surface area (Å²) in [4.78, 5) is 0. The van der Waals surface area contributed by atoms with Gasteiger partial charge in [0.25, 0.3) is 0 Å². The van der Waals surface area contributed by atoms with Gasteiger partial charge in [0.1, 0.15) is 0 Å². The number of hydrogen-bond donors (Lipinski definition) is 0. The molecule has 1 nitrogen and oxygen atoms in total. The van der Waals surface area contributed by atoms with Crippen molar-refractivity contribution in [1.82, 2.24) is 0 Å². The van der Waals surface area contributed by atoms with Crippen LogP contribution in [0.4, 0.5) is 17.6 Å². The maximum absolute atomic E-state index is 14.1. The molecule has 2 aliphatic rings. The number of alkyl halides is 3. The van der Waals surface area contributed by atoms with Crippen molar-refractivity contribution in [3.8, 4) is 5.75 Å². The highest BCUT2D eigenvalue weighted by atomic mass is 19.4. The van der Waals surface area contributed by atoms with Crippen LogP contribution in [0.3, 0.4) is 0 Å². The maximum atomic E-state index is 14.1. The van der Waals surface area contributed by atoms with Crippen LogP contribution in [-0.2, 0) is 0 Å². The summed E-state index contributed by atoms with van der Waals surface area (Å²) in [6.07, 6.45) is 2.58. The minimum absolute atomic E-state index is 0.457. The number of hydrogen-bond acceptors (Lipinski definition) is 1. The molecule has 0 saturated heterocycles. The van der Waals surface area contributed by atoms with Gasteiger partial charge in [-0.3, -0.25) is 0 Å². The van der Waals surface area contributed by atoms with Crippen molar-refractivity contribution in [3.63, 3.8) is 0 Å². The maximum Gasteiger partial charge on any atom is 0.573 e. The Kier molecular flexibility index (Phi) is 4.81. The van der Waals surface area contributed by atoms with E-state index >= 15 is 0 Å². The molecule has 4 atom stereocenters. The molecule has 2 unspecified atom stereocenters. The molecule has 2 fully saturated rings. The van der Waals surface area contributed by atoms with Gasteiger partial charge < -0.3 is 4.74 Å². The summed E-state index contributed by atoms with van der Waals surface area (Å²) in [6.45, 7) is 2.34. The van der Waals surface area contributed by atoms with Crippen LogP contribution in [0, 0.1) is 23.6 Å². The fourth-order valence-electron chi connectivity index (χ4n) is 5.15. The Morgan fingerprint density at radius 2 is 1.63 bits per heavy atom. The Morgan fingerprint density at radius 3 is 2.41 bits per heavy atom. The van der Waals surface area contributed by atoms with Crippen LogP contribution in [-0.4, -0.2) is 6.36 Å². The van der Waals surface area contributed by atoms with Crippen molar-refractivity contribution in [2.45, 2.75) is 57.7 Å². The average Bonchev–Trinajstić information content (AvgIpc) is 2.60. The molecular weight excluding hydrogens is 356 g/mol. The van der Waals surface area contributed by atoms with Gasteiger partial charge in [0.2, 0.25) is 0 Å². The minimum Gasteiger partial charge on any atom is -0.403 e. The van der Waals surface area contributed by atoms with E-state index in [2.05, 4.69) is 11.7 Å². The van der Waals surface area contributed by atoms with Gasteiger partial charge in [0, 0.05) is 0 Å². The van der Waals surface area contributed by atoms with Gasteiger partial charge in [0.05, 0.1) is 0 Å². The summed E-state index contributed by atoms with van der Waals surface area (Å²) < 4.78 is 55.0. The molecule has 0 amide bonds. The van der Waals surface area contributed by atoms with Gasteiger partial charge >= 0.3 is 6.36 Å². The van der Waals surface area contributed by atoms with Crippen LogP contribution in [0.1, 0.15) is 56.9 Å². The van der Waals surface area contributed by atoms with Crippen LogP contribution < -0.4 is 4.74 Å². The second kappa shape index (κ2) is 6.99. The highest BCUT2D eigenvalue weighted by Gasteiger charge is 2.35. The molecule has 0 heterocycles. The van der Waals surface area contributed by atoms with Crippen molar-refractivity contribution in [3.05, 3.63) is 41.7 Å². The molecule has 2 aromatic carbocycles.